The van der Waals surface area contributed by atoms with E-state index >= 15 is 0 Å². The van der Waals surface area contributed by atoms with Crippen molar-refractivity contribution in [3.63, 3.8) is 0 Å². The van der Waals surface area contributed by atoms with Gasteiger partial charge in [0.05, 0.1) is 6.54 Å². The van der Waals surface area contributed by atoms with Gasteiger partial charge in [-0.25, -0.2) is 0 Å². The van der Waals surface area contributed by atoms with Gasteiger partial charge in [0.25, 0.3) is 0 Å². The third-order valence-corrected chi connectivity index (χ3v) is 4.21. The zero-order chi connectivity index (χ0) is 11.0. The van der Waals surface area contributed by atoms with Gasteiger partial charge in [-0.3, -0.25) is 0 Å². The quantitative estimate of drug-likeness (QED) is 0.848. The van der Waals surface area contributed by atoms with Gasteiger partial charge in [-0.2, -0.15) is 0 Å². The topological polar surface area (TPSA) is 30.9 Å². The number of thiophene rings is 1. The highest BCUT2D eigenvalue weighted by atomic mass is 32.1. The van der Waals surface area contributed by atoms with E-state index in [0.717, 1.165) is 13.0 Å². The van der Waals surface area contributed by atoms with Crippen LogP contribution in [0.4, 0.5) is 0 Å². The average Bonchev–Trinajstić information content (AvgIpc) is 2.90. The molecule has 0 amide bonds. The Kier molecular flexibility index (Phi) is 2.58. The molecule has 2 heterocycles. The van der Waals surface area contributed by atoms with Gasteiger partial charge in [0.2, 0.25) is 0 Å². The lowest BCUT2D eigenvalue weighted by Gasteiger charge is -2.20. The van der Waals surface area contributed by atoms with E-state index in [9.17, 15) is 0 Å². The number of fused-ring (bicyclic) bond motifs is 1. The first-order valence-electron chi connectivity index (χ1n) is 5.80. The molecule has 1 aliphatic rings. The summed E-state index contributed by atoms with van der Waals surface area (Å²) in [5.41, 5.74) is 8.94. The molecule has 3 heteroatoms. The lowest BCUT2D eigenvalue weighted by molar-refractivity contribution is 0.548. The Balaban J connectivity index is 1.91. The van der Waals surface area contributed by atoms with E-state index in [1.54, 1.807) is 0 Å². The smallest absolute Gasteiger partial charge is 0.0566 e. The summed E-state index contributed by atoms with van der Waals surface area (Å²) in [4.78, 5) is 1.41. The van der Waals surface area contributed by atoms with E-state index in [0.29, 0.717) is 0 Å². The SMILES string of the molecule is NC1CCCc2c1ccn2Cc1cccs1. The summed E-state index contributed by atoms with van der Waals surface area (Å²) in [5, 5.41) is 2.14. The number of rotatable bonds is 2. The van der Waals surface area contributed by atoms with Crippen LogP contribution in [0, 0.1) is 0 Å². The Bertz CT molecular complexity index is 470. The molecule has 2 N–H and O–H groups in total. The number of nitrogens with zero attached hydrogens (tertiary/aromatic N) is 1. The molecule has 0 saturated carbocycles. The molecular formula is C13H16N2S. The van der Waals surface area contributed by atoms with Crippen molar-refractivity contribution in [2.24, 2.45) is 5.73 Å². The maximum Gasteiger partial charge on any atom is 0.0566 e. The Hall–Kier alpha value is -1.06. The van der Waals surface area contributed by atoms with E-state index in [4.69, 9.17) is 5.73 Å². The standard InChI is InChI=1S/C13H16N2S/c14-12-4-1-5-13-11(12)6-7-15(13)9-10-3-2-8-16-10/h2-3,6-8,12H,1,4-5,9,14H2. The van der Waals surface area contributed by atoms with Crippen LogP contribution in [0.3, 0.4) is 0 Å². The van der Waals surface area contributed by atoms with Crippen LogP contribution in [0.1, 0.15) is 35.0 Å². The number of nitrogens with two attached hydrogens (primary N) is 1. The normalized spacial score (nSPS) is 19.7. The third-order valence-electron chi connectivity index (χ3n) is 3.35. The second-order valence-corrected chi connectivity index (χ2v) is 5.46. The molecule has 2 aromatic heterocycles. The van der Waals surface area contributed by atoms with Crippen LogP contribution >= 0.6 is 11.3 Å². The van der Waals surface area contributed by atoms with Crippen molar-refractivity contribution in [3.8, 4) is 0 Å². The van der Waals surface area contributed by atoms with Gasteiger partial charge >= 0.3 is 0 Å². The van der Waals surface area contributed by atoms with E-state index in [2.05, 4.69) is 34.3 Å². The van der Waals surface area contributed by atoms with Gasteiger partial charge in [-0.05, 0) is 42.3 Å². The lowest BCUT2D eigenvalue weighted by atomic mass is 9.94. The van der Waals surface area contributed by atoms with Crippen molar-refractivity contribution in [1.29, 1.82) is 0 Å². The molecule has 1 aliphatic carbocycles. The predicted octanol–water partition coefficient (Wildman–Crippen LogP) is 2.93. The van der Waals surface area contributed by atoms with Gasteiger partial charge in [-0.15, -0.1) is 11.3 Å². The number of aromatic nitrogens is 1. The van der Waals surface area contributed by atoms with Crippen molar-refractivity contribution in [2.45, 2.75) is 31.8 Å². The summed E-state index contributed by atoms with van der Waals surface area (Å²) >= 11 is 1.82. The first-order valence-corrected chi connectivity index (χ1v) is 6.68. The molecule has 2 nitrogen and oxygen atoms in total. The summed E-state index contributed by atoms with van der Waals surface area (Å²) in [6.07, 6.45) is 5.73. The van der Waals surface area contributed by atoms with Crippen molar-refractivity contribution in [2.75, 3.05) is 0 Å². The Morgan fingerprint density at radius 1 is 1.44 bits per heavy atom. The summed E-state index contributed by atoms with van der Waals surface area (Å²) < 4.78 is 2.36. The lowest BCUT2D eigenvalue weighted by Crippen LogP contribution is -2.18. The Labute approximate surface area is 99.7 Å². The van der Waals surface area contributed by atoms with Gasteiger partial charge in [0.15, 0.2) is 0 Å². The fourth-order valence-corrected chi connectivity index (χ4v) is 3.21. The molecule has 0 aromatic carbocycles. The third kappa shape index (κ3) is 1.70. The van der Waals surface area contributed by atoms with Crippen LogP contribution in [0.5, 0.6) is 0 Å². The van der Waals surface area contributed by atoms with E-state index in [1.165, 1.54) is 29.0 Å². The predicted molar refractivity (Wildman–Crippen MR) is 67.7 cm³/mol. The Morgan fingerprint density at radius 2 is 2.38 bits per heavy atom. The fraction of sp³-hybridized carbons (Fsp3) is 0.385. The second kappa shape index (κ2) is 4.07. The van der Waals surface area contributed by atoms with Gasteiger partial charge < -0.3 is 10.3 Å². The fourth-order valence-electron chi connectivity index (χ4n) is 2.51. The zero-order valence-electron chi connectivity index (χ0n) is 9.23. The minimum atomic E-state index is 0.258. The molecule has 84 valence electrons. The highest BCUT2D eigenvalue weighted by Crippen LogP contribution is 2.29. The first kappa shape index (κ1) is 10.1. The van der Waals surface area contributed by atoms with Gasteiger partial charge in [-0.1, -0.05) is 6.07 Å². The summed E-state index contributed by atoms with van der Waals surface area (Å²) in [5.74, 6) is 0. The molecule has 16 heavy (non-hydrogen) atoms. The molecule has 0 spiro atoms. The van der Waals surface area contributed by atoms with Gasteiger partial charge in [0.1, 0.15) is 0 Å². The molecule has 0 radical (unpaired) electrons. The van der Waals surface area contributed by atoms with Crippen LogP contribution in [-0.4, -0.2) is 4.57 Å². The van der Waals surface area contributed by atoms with Crippen LogP contribution in [-0.2, 0) is 13.0 Å². The summed E-state index contributed by atoms with van der Waals surface area (Å²) in [6.45, 7) is 1.000. The van der Waals surface area contributed by atoms with Gasteiger partial charge in [0, 0.05) is 22.8 Å². The van der Waals surface area contributed by atoms with Crippen LogP contribution < -0.4 is 5.73 Å². The van der Waals surface area contributed by atoms with Crippen LogP contribution in [0.15, 0.2) is 29.8 Å². The molecule has 2 aromatic rings. The van der Waals surface area contributed by atoms with Crippen molar-refractivity contribution in [3.05, 3.63) is 45.9 Å². The molecule has 1 atom stereocenters. The van der Waals surface area contributed by atoms with E-state index < -0.39 is 0 Å². The molecule has 3 rings (SSSR count). The largest absolute Gasteiger partial charge is 0.346 e. The Morgan fingerprint density at radius 3 is 3.19 bits per heavy atom. The molecule has 0 bridgehead atoms. The summed E-state index contributed by atoms with van der Waals surface area (Å²) in [6, 6.07) is 6.77. The van der Waals surface area contributed by atoms with Crippen LogP contribution in [0.25, 0.3) is 0 Å². The monoisotopic (exact) mass is 232 g/mol. The average molecular weight is 232 g/mol. The van der Waals surface area contributed by atoms with E-state index in [-0.39, 0.29) is 6.04 Å². The van der Waals surface area contributed by atoms with Crippen molar-refractivity contribution < 1.29 is 0 Å². The minimum absolute atomic E-state index is 0.258. The second-order valence-electron chi connectivity index (χ2n) is 4.42. The molecule has 1 unspecified atom stereocenters. The molecular weight excluding hydrogens is 216 g/mol. The number of hydrogen-bond acceptors (Lipinski definition) is 2. The zero-order valence-corrected chi connectivity index (χ0v) is 10.0. The van der Waals surface area contributed by atoms with Crippen molar-refractivity contribution in [1.82, 2.24) is 4.57 Å². The molecule has 0 saturated heterocycles. The first-order chi connectivity index (χ1) is 7.84. The maximum atomic E-state index is 6.12. The highest BCUT2D eigenvalue weighted by molar-refractivity contribution is 7.09. The van der Waals surface area contributed by atoms with Crippen LogP contribution in [0.2, 0.25) is 0 Å². The molecule has 0 aliphatic heterocycles. The van der Waals surface area contributed by atoms with Crippen molar-refractivity contribution >= 4 is 11.3 Å². The summed E-state index contributed by atoms with van der Waals surface area (Å²) in [7, 11) is 0. The molecule has 0 fully saturated rings. The van der Waals surface area contributed by atoms with E-state index in [1.807, 2.05) is 11.3 Å². The number of hydrogen-bond donors (Lipinski definition) is 1. The maximum absolute atomic E-state index is 6.12. The highest BCUT2D eigenvalue weighted by Gasteiger charge is 2.19. The minimum Gasteiger partial charge on any atom is -0.346 e.